The van der Waals surface area contributed by atoms with Gasteiger partial charge in [-0.3, -0.25) is 4.79 Å². The van der Waals surface area contributed by atoms with Crippen molar-refractivity contribution < 1.29 is 4.79 Å². The Kier molecular flexibility index (Phi) is 5.13. The molecule has 1 nitrogen and oxygen atoms in total. The number of carbonyl (C=O) groups excluding carboxylic acids is 1. The monoisotopic (exact) mass is 320 g/mol. The third-order valence-electron chi connectivity index (χ3n) is 4.36. The van der Waals surface area contributed by atoms with Gasteiger partial charge in [0.15, 0.2) is 0 Å². The summed E-state index contributed by atoms with van der Waals surface area (Å²) in [5.41, 5.74) is 5.94. The minimum absolute atomic E-state index is 0.126. The molecule has 0 aliphatic carbocycles. The summed E-state index contributed by atoms with van der Waals surface area (Å²) in [6, 6.07) is 17.0. The lowest BCUT2D eigenvalue weighted by molar-refractivity contribution is -0.104. The molecule has 0 fully saturated rings. The summed E-state index contributed by atoms with van der Waals surface area (Å²) in [4.78, 5) is 11.1. The van der Waals surface area contributed by atoms with Gasteiger partial charge in [0.05, 0.1) is 0 Å². The third kappa shape index (κ3) is 4.23. The van der Waals surface area contributed by atoms with E-state index in [0.717, 1.165) is 23.0 Å². The highest BCUT2D eigenvalue weighted by Gasteiger charge is 2.15. The SMILES string of the molecule is CC(C)(C)c1ccc(C(=CC=O)c2ccc(C(C)(C)C)cc2)cc1. The molecule has 0 saturated carbocycles. The summed E-state index contributed by atoms with van der Waals surface area (Å²) in [5, 5.41) is 0. The lowest BCUT2D eigenvalue weighted by Crippen LogP contribution is -2.11. The van der Waals surface area contributed by atoms with Gasteiger partial charge in [0.25, 0.3) is 0 Å². The van der Waals surface area contributed by atoms with Gasteiger partial charge in [-0.1, -0.05) is 90.1 Å². The van der Waals surface area contributed by atoms with Crippen molar-refractivity contribution in [1.29, 1.82) is 0 Å². The molecule has 0 N–H and O–H groups in total. The quantitative estimate of drug-likeness (QED) is 0.507. The minimum Gasteiger partial charge on any atom is -0.299 e. The zero-order valence-electron chi connectivity index (χ0n) is 15.7. The van der Waals surface area contributed by atoms with Gasteiger partial charge in [-0.2, -0.15) is 0 Å². The molecule has 2 aromatic carbocycles. The van der Waals surface area contributed by atoms with Gasteiger partial charge in [-0.15, -0.1) is 0 Å². The van der Waals surface area contributed by atoms with E-state index in [-0.39, 0.29) is 10.8 Å². The van der Waals surface area contributed by atoms with Crippen molar-refractivity contribution in [2.24, 2.45) is 0 Å². The zero-order valence-corrected chi connectivity index (χ0v) is 15.7. The van der Waals surface area contributed by atoms with Crippen LogP contribution < -0.4 is 0 Å². The van der Waals surface area contributed by atoms with Crippen LogP contribution in [0, 0.1) is 0 Å². The second kappa shape index (κ2) is 6.76. The standard InChI is InChI=1S/C23H28O/c1-22(2,3)19-11-7-17(8-12-19)21(15-16-24)18-9-13-20(14-10-18)23(4,5)6/h7-16H,1-6H3. The second-order valence-electron chi connectivity index (χ2n) is 8.37. The van der Waals surface area contributed by atoms with Crippen molar-refractivity contribution in [3.8, 4) is 0 Å². The van der Waals surface area contributed by atoms with Crippen molar-refractivity contribution >= 4 is 11.9 Å². The molecule has 2 rings (SSSR count). The Morgan fingerprint density at radius 1 is 0.667 bits per heavy atom. The van der Waals surface area contributed by atoms with Crippen LogP contribution in [0.25, 0.3) is 5.57 Å². The van der Waals surface area contributed by atoms with E-state index < -0.39 is 0 Å². The largest absolute Gasteiger partial charge is 0.299 e. The van der Waals surface area contributed by atoms with E-state index >= 15 is 0 Å². The summed E-state index contributed by atoms with van der Waals surface area (Å²) >= 11 is 0. The maximum atomic E-state index is 11.1. The summed E-state index contributed by atoms with van der Waals surface area (Å²) < 4.78 is 0. The summed E-state index contributed by atoms with van der Waals surface area (Å²) in [6.07, 6.45) is 2.52. The van der Waals surface area contributed by atoms with Crippen LogP contribution in [0.5, 0.6) is 0 Å². The number of carbonyl (C=O) groups is 1. The predicted octanol–water partition coefficient (Wildman–Crippen LogP) is 5.91. The average molecular weight is 320 g/mol. The molecule has 126 valence electrons. The van der Waals surface area contributed by atoms with Crippen LogP contribution in [-0.4, -0.2) is 6.29 Å². The number of benzene rings is 2. The molecule has 2 aromatic rings. The van der Waals surface area contributed by atoms with Gasteiger partial charge in [0.2, 0.25) is 0 Å². The molecule has 0 saturated heterocycles. The molecule has 0 heterocycles. The van der Waals surface area contributed by atoms with Crippen molar-refractivity contribution in [1.82, 2.24) is 0 Å². The highest BCUT2D eigenvalue weighted by molar-refractivity contribution is 5.89. The normalized spacial score (nSPS) is 11.9. The Bertz CT molecular complexity index is 658. The smallest absolute Gasteiger partial charge is 0.143 e. The molecular formula is C23H28O. The van der Waals surface area contributed by atoms with Crippen LogP contribution in [0.4, 0.5) is 0 Å². The van der Waals surface area contributed by atoms with E-state index in [2.05, 4.69) is 90.1 Å². The molecule has 24 heavy (non-hydrogen) atoms. The number of aldehydes is 1. The van der Waals surface area contributed by atoms with Gasteiger partial charge in [-0.25, -0.2) is 0 Å². The Balaban J connectivity index is 2.40. The van der Waals surface area contributed by atoms with Crippen LogP contribution in [0.3, 0.4) is 0 Å². The van der Waals surface area contributed by atoms with Gasteiger partial charge in [0.1, 0.15) is 6.29 Å². The summed E-state index contributed by atoms with van der Waals surface area (Å²) in [6.45, 7) is 13.2. The summed E-state index contributed by atoms with van der Waals surface area (Å²) in [7, 11) is 0. The maximum Gasteiger partial charge on any atom is 0.143 e. The highest BCUT2D eigenvalue weighted by atomic mass is 16.1. The number of rotatable bonds is 3. The maximum absolute atomic E-state index is 11.1. The first kappa shape index (κ1) is 18.2. The van der Waals surface area contributed by atoms with Crippen molar-refractivity contribution in [2.75, 3.05) is 0 Å². The lowest BCUT2D eigenvalue weighted by Gasteiger charge is -2.20. The first-order chi connectivity index (χ1) is 11.1. The molecule has 0 radical (unpaired) electrons. The van der Waals surface area contributed by atoms with Crippen LogP contribution in [0.15, 0.2) is 54.6 Å². The Hall–Kier alpha value is -2.15. The Morgan fingerprint density at radius 3 is 1.25 bits per heavy atom. The van der Waals surface area contributed by atoms with Crippen LogP contribution in [-0.2, 0) is 15.6 Å². The fraction of sp³-hybridized carbons (Fsp3) is 0.348. The van der Waals surface area contributed by atoms with Crippen LogP contribution in [0.1, 0.15) is 63.8 Å². The molecule has 0 unspecified atom stereocenters. The van der Waals surface area contributed by atoms with Gasteiger partial charge in [0, 0.05) is 0 Å². The molecule has 0 spiro atoms. The molecule has 0 aliphatic heterocycles. The van der Waals surface area contributed by atoms with Crippen molar-refractivity contribution in [3.63, 3.8) is 0 Å². The zero-order chi connectivity index (χ0) is 18.0. The van der Waals surface area contributed by atoms with E-state index in [0.29, 0.717) is 0 Å². The van der Waals surface area contributed by atoms with E-state index in [9.17, 15) is 4.79 Å². The molecule has 1 heteroatoms. The van der Waals surface area contributed by atoms with Crippen molar-refractivity contribution in [2.45, 2.75) is 52.4 Å². The Labute approximate surface area is 146 Å². The topological polar surface area (TPSA) is 17.1 Å². The third-order valence-corrected chi connectivity index (χ3v) is 4.36. The van der Waals surface area contributed by atoms with Crippen molar-refractivity contribution in [3.05, 3.63) is 76.9 Å². The lowest BCUT2D eigenvalue weighted by atomic mass is 9.84. The number of allylic oxidation sites excluding steroid dienone is 1. The fourth-order valence-electron chi connectivity index (χ4n) is 2.73. The fourth-order valence-corrected chi connectivity index (χ4v) is 2.73. The van der Waals surface area contributed by atoms with Gasteiger partial charge < -0.3 is 0 Å². The van der Waals surface area contributed by atoms with E-state index in [1.165, 1.54) is 11.1 Å². The molecule has 0 aromatic heterocycles. The predicted molar refractivity (Wildman–Crippen MR) is 103 cm³/mol. The van der Waals surface area contributed by atoms with E-state index in [1.807, 2.05) is 0 Å². The second-order valence-corrected chi connectivity index (χ2v) is 8.37. The molecule has 0 atom stereocenters. The molecular weight excluding hydrogens is 292 g/mol. The summed E-state index contributed by atoms with van der Waals surface area (Å²) in [5.74, 6) is 0. The highest BCUT2D eigenvalue weighted by Crippen LogP contribution is 2.29. The number of hydrogen-bond donors (Lipinski definition) is 0. The molecule has 0 bridgehead atoms. The first-order valence-corrected chi connectivity index (χ1v) is 8.50. The van der Waals surface area contributed by atoms with Gasteiger partial charge >= 0.3 is 0 Å². The van der Waals surface area contributed by atoms with E-state index in [4.69, 9.17) is 0 Å². The average Bonchev–Trinajstić information content (AvgIpc) is 2.51. The molecule has 0 amide bonds. The van der Waals surface area contributed by atoms with Crippen LogP contribution >= 0.6 is 0 Å². The van der Waals surface area contributed by atoms with Gasteiger partial charge in [-0.05, 0) is 44.7 Å². The van der Waals surface area contributed by atoms with Crippen LogP contribution in [0.2, 0.25) is 0 Å². The Morgan fingerprint density at radius 2 is 1.00 bits per heavy atom. The molecule has 0 aliphatic rings. The number of hydrogen-bond acceptors (Lipinski definition) is 1. The van der Waals surface area contributed by atoms with E-state index in [1.54, 1.807) is 6.08 Å². The minimum atomic E-state index is 0.126. The first-order valence-electron chi connectivity index (χ1n) is 8.50.